The predicted molar refractivity (Wildman–Crippen MR) is 51.9 cm³/mol. The van der Waals surface area contributed by atoms with Crippen LogP contribution in [0.25, 0.3) is 0 Å². The highest BCUT2D eigenvalue weighted by molar-refractivity contribution is 5.16. The van der Waals surface area contributed by atoms with Crippen molar-refractivity contribution in [2.24, 2.45) is 0 Å². The molecule has 1 aliphatic rings. The molecule has 1 aromatic heterocycles. The lowest BCUT2D eigenvalue weighted by Crippen LogP contribution is -2.41. The van der Waals surface area contributed by atoms with Crippen LogP contribution in [0, 0.1) is 6.92 Å². The molecule has 0 amide bonds. The Morgan fingerprint density at radius 2 is 2.50 bits per heavy atom. The summed E-state index contributed by atoms with van der Waals surface area (Å²) >= 11 is 0. The summed E-state index contributed by atoms with van der Waals surface area (Å²) in [5.41, 5.74) is 0.537. The number of aryl methyl sites for hydroxylation is 1. The Bertz CT molecular complexity index is 324. The Morgan fingerprint density at radius 3 is 2.93 bits per heavy atom. The molecular formula is C10H16N2O2. The zero-order valence-electron chi connectivity index (χ0n) is 8.66. The van der Waals surface area contributed by atoms with E-state index in [1.165, 1.54) is 0 Å². The number of aliphatic hydroxyl groups excluding tert-OH is 1. The Hall–Kier alpha value is -0.870. The van der Waals surface area contributed by atoms with Gasteiger partial charge in [0, 0.05) is 6.07 Å². The maximum absolute atomic E-state index is 9.52. The smallest absolute Gasteiger partial charge is 0.159 e. The van der Waals surface area contributed by atoms with E-state index in [0.29, 0.717) is 0 Å². The van der Waals surface area contributed by atoms with Crippen LogP contribution in [0.3, 0.4) is 0 Å². The van der Waals surface area contributed by atoms with Crippen molar-refractivity contribution >= 4 is 0 Å². The van der Waals surface area contributed by atoms with Crippen LogP contribution in [0.1, 0.15) is 24.3 Å². The number of rotatable bonds is 2. The van der Waals surface area contributed by atoms with Gasteiger partial charge in [-0.3, -0.25) is 4.90 Å². The summed E-state index contributed by atoms with van der Waals surface area (Å²) in [4.78, 5) is 2.15. The average Bonchev–Trinajstić information content (AvgIpc) is 2.73. The molecule has 2 rings (SSSR count). The second kappa shape index (κ2) is 3.37. The van der Waals surface area contributed by atoms with Crippen molar-refractivity contribution < 1.29 is 9.63 Å². The largest absolute Gasteiger partial charge is 0.394 e. The third-order valence-corrected chi connectivity index (χ3v) is 3.16. The molecule has 14 heavy (non-hydrogen) atoms. The van der Waals surface area contributed by atoms with E-state index in [4.69, 9.17) is 4.52 Å². The summed E-state index contributed by atoms with van der Waals surface area (Å²) < 4.78 is 5.26. The molecular weight excluding hydrogens is 180 g/mol. The molecule has 0 spiro atoms. The number of aromatic nitrogens is 1. The Kier molecular flexibility index (Phi) is 2.33. The minimum Gasteiger partial charge on any atom is -0.394 e. The number of hydrogen-bond acceptors (Lipinski definition) is 4. The van der Waals surface area contributed by atoms with Crippen LogP contribution in [0.2, 0.25) is 0 Å². The highest BCUT2D eigenvalue weighted by atomic mass is 16.5. The van der Waals surface area contributed by atoms with Crippen LogP contribution >= 0.6 is 0 Å². The number of hydrogen-bond donors (Lipinski definition) is 1. The van der Waals surface area contributed by atoms with Gasteiger partial charge in [-0.1, -0.05) is 5.16 Å². The summed E-state index contributed by atoms with van der Waals surface area (Å²) in [5.74, 6) is 0.789. The molecule has 2 heterocycles. The molecule has 4 nitrogen and oxygen atoms in total. The zero-order chi connectivity index (χ0) is 10.2. The molecule has 78 valence electrons. The van der Waals surface area contributed by atoms with Gasteiger partial charge in [0.1, 0.15) is 5.54 Å². The minimum absolute atomic E-state index is 0.0954. The Morgan fingerprint density at radius 1 is 1.71 bits per heavy atom. The van der Waals surface area contributed by atoms with Gasteiger partial charge in [0.25, 0.3) is 0 Å². The Balaban J connectivity index is 2.37. The standard InChI is InChI=1S/C10H16N2O2/c1-8-6-9(14-11-8)10(7-13)4-3-5-12(10)2/h6,13H,3-5,7H2,1-2H3/t10-/m1/s1. The van der Waals surface area contributed by atoms with E-state index in [0.717, 1.165) is 30.8 Å². The first-order valence-electron chi connectivity index (χ1n) is 4.95. The number of likely N-dealkylation sites (N-methyl/N-ethyl adjacent to an activating group) is 1. The topological polar surface area (TPSA) is 49.5 Å². The van der Waals surface area contributed by atoms with Gasteiger partial charge in [-0.25, -0.2) is 0 Å². The van der Waals surface area contributed by atoms with E-state index in [9.17, 15) is 5.11 Å². The highest BCUT2D eigenvalue weighted by Crippen LogP contribution is 2.37. The van der Waals surface area contributed by atoms with Gasteiger partial charge in [-0.2, -0.15) is 0 Å². The molecule has 0 radical (unpaired) electrons. The van der Waals surface area contributed by atoms with E-state index in [-0.39, 0.29) is 12.1 Å². The van der Waals surface area contributed by atoms with Gasteiger partial charge in [-0.15, -0.1) is 0 Å². The van der Waals surface area contributed by atoms with Crippen LogP contribution in [0.5, 0.6) is 0 Å². The molecule has 0 saturated carbocycles. The predicted octanol–water partition coefficient (Wildman–Crippen LogP) is 0.896. The zero-order valence-corrected chi connectivity index (χ0v) is 8.66. The van der Waals surface area contributed by atoms with Crippen molar-refractivity contribution in [2.75, 3.05) is 20.2 Å². The SMILES string of the molecule is Cc1cc([C@]2(CO)CCCN2C)on1. The molecule has 0 aliphatic carbocycles. The van der Waals surface area contributed by atoms with Crippen molar-refractivity contribution in [3.8, 4) is 0 Å². The summed E-state index contributed by atoms with van der Waals surface area (Å²) in [6, 6.07) is 1.91. The molecule has 4 heteroatoms. The maximum atomic E-state index is 9.52. The number of nitrogens with zero attached hydrogens (tertiary/aromatic N) is 2. The summed E-state index contributed by atoms with van der Waals surface area (Å²) in [5, 5.41) is 13.4. The van der Waals surface area contributed by atoms with E-state index < -0.39 is 0 Å². The van der Waals surface area contributed by atoms with Gasteiger partial charge in [0.15, 0.2) is 5.76 Å². The lowest BCUT2D eigenvalue weighted by atomic mass is 9.94. The Labute approximate surface area is 83.5 Å². The molecule has 1 aliphatic heterocycles. The quantitative estimate of drug-likeness (QED) is 0.763. The van der Waals surface area contributed by atoms with Crippen LogP contribution in [-0.4, -0.2) is 35.4 Å². The third-order valence-electron chi connectivity index (χ3n) is 3.16. The van der Waals surface area contributed by atoms with Crippen LogP contribution in [0.4, 0.5) is 0 Å². The monoisotopic (exact) mass is 196 g/mol. The van der Waals surface area contributed by atoms with E-state index in [2.05, 4.69) is 10.1 Å². The van der Waals surface area contributed by atoms with Crippen LogP contribution in [0.15, 0.2) is 10.6 Å². The lowest BCUT2D eigenvalue weighted by Gasteiger charge is -2.31. The average molecular weight is 196 g/mol. The fraction of sp³-hybridized carbons (Fsp3) is 0.700. The van der Waals surface area contributed by atoms with Crippen molar-refractivity contribution in [3.05, 3.63) is 17.5 Å². The van der Waals surface area contributed by atoms with Crippen molar-refractivity contribution in [1.29, 1.82) is 0 Å². The molecule has 1 N–H and O–H groups in total. The van der Waals surface area contributed by atoms with Crippen LogP contribution < -0.4 is 0 Å². The molecule has 0 unspecified atom stereocenters. The molecule has 1 atom stereocenters. The van der Waals surface area contributed by atoms with Crippen molar-refractivity contribution in [1.82, 2.24) is 10.1 Å². The second-order valence-electron chi connectivity index (χ2n) is 4.05. The molecule has 0 bridgehead atoms. The first-order chi connectivity index (χ1) is 6.69. The summed E-state index contributed by atoms with van der Waals surface area (Å²) in [7, 11) is 2.01. The molecule has 0 aromatic carbocycles. The van der Waals surface area contributed by atoms with Gasteiger partial charge in [0.05, 0.1) is 12.3 Å². The minimum atomic E-state index is -0.332. The highest BCUT2D eigenvalue weighted by Gasteiger charge is 2.43. The lowest BCUT2D eigenvalue weighted by molar-refractivity contribution is 0.0568. The third kappa shape index (κ3) is 1.26. The van der Waals surface area contributed by atoms with Gasteiger partial charge in [-0.05, 0) is 33.4 Å². The van der Waals surface area contributed by atoms with Gasteiger partial charge < -0.3 is 9.63 Å². The van der Waals surface area contributed by atoms with E-state index in [1.54, 1.807) is 0 Å². The fourth-order valence-corrected chi connectivity index (χ4v) is 2.19. The first kappa shape index (κ1) is 9.68. The van der Waals surface area contributed by atoms with E-state index in [1.807, 2.05) is 20.0 Å². The summed E-state index contributed by atoms with van der Waals surface area (Å²) in [6.07, 6.45) is 2.03. The number of aliphatic hydroxyl groups is 1. The molecule has 1 aromatic rings. The van der Waals surface area contributed by atoms with Gasteiger partial charge >= 0.3 is 0 Å². The molecule has 1 saturated heterocycles. The number of likely N-dealkylation sites (tertiary alicyclic amines) is 1. The first-order valence-corrected chi connectivity index (χ1v) is 4.95. The van der Waals surface area contributed by atoms with Crippen LogP contribution in [-0.2, 0) is 5.54 Å². The van der Waals surface area contributed by atoms with Crippen molar-refractivity contribution in [3.63, 3.8) is 0 Å². The molecule has 1 fully saturated rings. The van der Waals surface area contributed by atoms with E-state index >= 15 is 0 Å². The van der Waals surface area contributed by atoms with Gasteiger partial charge in [0.2, 0.25) is 0 Å². The fourth-order valence-electron chi connectivity index (χ4n) is 2.19. The maximum Gasteiger partial charge on any atom is 0.159 e. The van der Waals surface area contributed by atoms with Crippen molar-refractivity contribution in [2.45, 2.75) is 25.3 Å². The normalized spacial score (nSPS) is 28.5. The second-order valence-corrected chi connectivity index (χ2v) is 4.05. The summed E-state index contributed by atoms with van der Waals surface area (Å²) in [6.45, 7) is 2.99.